The number of hydrogen-bond acceptors (Lipinski definition) is 5. The van der Waals surface area contributed by atoms with Crippen molar-refractivity contribution in [2.75, 3.05) is 14.2 Å². The molecule has 0 saturated carbocycles. The van der Waals surface area contributed by atoms with Gasteiger partial charge in [-0.15, -0.1) is 0 Å². The second-order valence-corrected chi connectivity index (χ2v) is 6.13. The van der Waals surface area contributed by atoms with E-state index in [0.29, 0.717) is 18.7 Å². The van der Waals surface area contributed by atoms with Crippen molar-refractivity contribution in [2.24, 2.45) is 0 Å². The van der Waals surface area contributed by atoms with Crippen LogP contribution in [0.5, 0.6) is 5.75 Å². The van der Waals surface area contributed by atoms with Gasteiger partial charge in [-0.05, 0) is 37.7 Å². The number of nitrogens with zero attached hydrogens (tertiary/aromatic N) is 1. The van der Waals surface area contributed by atoms with Gasteiger partial charge < -0.3 is 15.2 Å². The standard InChI is InChI=1S/C20H24N2O4/c1-14(22(2)13-17-6-4-5-7-18(17)23)19(24)21-12-15-8-10-16(11-9-15)20(25)26-3/h4-11,14,23H,12-13H2,1-3H3,(H,21,24). The smallest absolute Gasteiger partial charge is 0.337 e. The Kier molecular flexibility index (Phi) is 6.74. The van der Waals surface area contributed by atoms with Crippen molar-refractivity contribution in [1.29, 1.82) is 0 Å². The van der Waals surface area contributed by atoms with Crippen molar-refractivity contribution in [3.05, 3.63) is 65.2 Å². The molecule has 0 aromatic heterocycles. The third-order valence-corrected chi connectivity index (χ3v) is 4.29. The van der Waals surface area contributed by atoms with Gasteiger partial charge in [0.2, 0.25) is 5.91 Å². The van der Waals surface area contributed by atoms with Gasteiger partial charge in [-0.25, -0.2) is 4.79 Å². The fraction of sp³-hybridized carbons (Fsp3) is 0.300. The van der Waals surface area contributed by atoms with Crippen molar-refractivity contribution in [3.63, 3.8) is 0 Å². The fourth-order valence-electron chi connectivity index (χ4n) is 2.46. The van der Waals surface area contributed by atoms with Gasteiger partial charge in [-0.3, -0.25) is 9.69 Å². The quantitative estimate of drug-likeness (QED) is 0.745. The van der Waals surface area contributed by atoms with Crippen molar-refractivity contribution in [2.45, 2.75) is 26.1 Å². The molecule has 0 bridgehead atoms. The molecule has 6 nitrogen and oxygen atoms in total. The van der Waals surface area contributed by atoms with Crippen LogP contribution in [0.3, 0.4) is 0 Å². The Morgan fingerprint density at radius 2 is 1.81 bits per heavy atom. The Hall–Kier alpha value is -2.86. The largest absolute Gasteiger partial charge is 0.508 e. The molecule has 0 fully saturated rings. The van der Waals surface area contributed by atoms with E-state index in [-0.39, 0.29) is 23.7 Å². The first-order chi connectivity index (χ1) is 12.4. The first kappa shape index (κ1) is 19.5. The molecule has 1 unspecified atom stereocenters. The van der Waals surface area contributed by atoms with Gasteiger partial charge in [-0.2, -0.15) is 0 Å². The molecule has 26 heavy (non-hydrogen) atoms. The molecule has 1 atom stereocenters. The minimum absolute atomic E-state index is 0.111. The molecule has 138 valence electrons. The number of carbonyl (C=O) groups excluding carboxylic acids is 2. The molecule has 2 aromatic rings. The van der Waals surface area contributed by atoms with Gasteiger partial charge in [0.25, 0.3) is 0 Å². The zero-order valence-electron chi connectivity index (χ0n) is 15.2. The minimum atomic E-state index is -0.389. The summed E-state index contributed by atoms with van der Waals surface area (Å²) in [6.45, 7) is 2.65. The van der Waals surface area contributed by atoms with Crippen molar-refractivity contribution >= 4 is 11.9 Å². The molecule has 0 aliphatic heterocycles. The lowest BCUT2D eigenvalue weighted by Gasteiger charge is -2.24. The van der Waals surface area contributed by atoms with Gasteiger partial charge >= 0.3 is 5.97 Å². The Labute approximate surface area is 153 Å². The van der Waals surface area contributed by atoms with Crippen LogP contribution in [0.1, 0.15) is 28.4 Å². The molecule has 2 rings (SSSR count). The molecule has 0 heterocycles. The zero-order chi connectivity index (χ0) is 19.1. The van der Waals surface area contributed by atoms with E-state index >= 15 is 0 Å². The van der Waals surface area contributed by atoms with Gasteiger partial charge in [0.1, 0.15) is 5.75 Å². The first-order valence-corrected chi connectivity index (χ1v) is 8.34. The van der Waals surface area contributed by atoms with Crippen LogP contribution in [-0.2, 0) is 22.6 Å². The predicted molar refractivity (Wildman–Crippen MR) is 98.7 cm³/mol. The number of amides is 1. The number of likely N-dealkylation sites (N-methyl/N-ethyl adjacent to an activating group) is 1. The summed E-state index contributed by atoms with van der Waals surface area (Å²) in [6, 6.07) is 13.6. The second kappa shape index (κ2) is 9.01. The summed E-state index contributed by atoms with van der Waals surface area (Å²) in [5.41, 5.74) is 2.13. The van der Waals surface area contributed by atoms with Crippen molar-refractivity contribution in [3.8, 4) is 5.75 Å². The number of phenolic OH excluding ortho intramolecular Hbond substituents is 1. The molecule has 1 amide bonds. The zero-order valence-corrected chi connectivity index (χ0v) is 15.2. The third-order valence-electron chi connectivity index (χ3n) is 4.29. The highest BCUT2D eigenvalue weighted by Gasteiger charge is 2.18. The number of nitrogens with one attached hydrogen (secondary N) is 1. The van der Waals surface area contributed by atoms with E-state index in [9.17, 15) is 14.7 Å². The van der Waals surface area contributed by atoms with Crippen LogP contribution in [0, 0.1) is 0 Å². The first-order valence-electron chi connectivity index (χ1n) is 8.34. The Morgan fingerprint density at radius 3 is 2.42 bits per heavy atom. The number of aromatic hydroxyl groups is 1. The summed E-state index contributed by atoms with van der Waals surface area (Å²) >= 11 is 0. The molecule has 0 aliphatic rings. The normalized spacial score (nSPS) is 11.8. The molecule has 0 spiro atoms. The van der Waals surface area contributed by atoms with Crippen LogP contribution in [0.4, 0.5) is 0 Å². The van der Waals surface area contributed by atoms with E-state index in [1.165, 1.54) is 7.11 Å². The number of carbonyl (C=O) groups is 2. The Bertz CT molecular complexity index is 759. The highest BCUT2D eigenvalue weighted by molar-refractivity contribution is 5.89. The van der Waals surface area contributed by atoms with Gasteiger partial charge in [0.05, 0.1) is 18.7 Å². The molecule has 0 radical (unpaired) electrons. The summed E-state index contributed by atoms with van der Waals surface area (Å²) in [5.74, 6) is -0.280. The van der Waals surface area contributed by atoms with Crippen LogP contribution >= 0.6 is 0 Å². The molecular weight excluding hydrogens is 332 g/mol. The molecule has 6 heteroatoms. The van der Waals surface area contributed by atoms with Crippen molar-refractivity contribution < 1.29 is 19.4 Å². The maximum Gasteiger partial charge on any atom is 0.337 e. The maximum absolute atomic E-state index is 12.4. The number of esters is 1. The van der Waals surface area contributed by atoms with E-state index in [1.807, 2.05) is 31.0 Å². The van der Waals surface area contributed by atoms with E-state index < -0.39 is 0 Å². The maximum atomic E-state index is 12.4. The summed E-state index contributed by atoms with van der Waals surface area (Å²) < 4.78 is 4.66. The Balaban J connectivity index is 1.88. The van der Waals surface area contributed by atoms with Gasteiger partial charge in [-0.1, -0.05) is 30.3 Å². The predicted octanol–water partition coefficient (Wildman–Crippen LogP) is 2.32. The average molecular weight is 356 g/mol. The lowest BCUT2D eigenvalue weighted by atomic mass is 10.1. The molecule has 0 aliphatic carbocycles. The summed E-state index contributed by atoms with van der Waals surface area (Å²) in [4.78, 5) is 25.6. The third kappa shape index (κ3) is 5.07. The highest BCUT2D eigenvalue weighted by Crippen LogP contribution is 2.18. The summed E-state index contributed by atoms with van der Waals surface area (Å²) in [7, 11) is 3.17. The van der Waals surface area contributed by atoms with Crippen LogP contribution in [0.15, 0.2) is 48.5 Å². The minimum Gasteiger partial charge on any atom is -0.508 e. The van der Waals surface area contributed by atoms with Crippen molar-refractivity contribution in [1.82, 2.24) is 10.2 Å². The van der Waals surface area contributed by atoms with Crippen LogP contribution < -0.4 is 5.32 Å². The topological polar surface area (TPSA) is 78.9 Å². The molecular formula is C20H24N2O4. The number of ether oxygens (including phenoxy) is 1. The number of hydrogen-bond donors (Lipinski definition) is 2. The lowest BCUT2D eigenvalue weighted by Crippen LogP contribution is -2.42. The number of benzene rings is 2. The monoisotopic (exact) mass is 356 g/mol. The number of para-hydroxylation sites is 1. The Morgan fingerprint density at radius 1 is 1.15 bits per heavy atom. The number of phenols is 1. The highest BCUT2D eigenvalue weighted by atomic mass is 16.5. The summed E-state index contributed by atoms with van der Waals surface area (Å²) in [5, 5.41) is 12.7. The SMILES string of the molecule is COC(=O)c1ccc(CNC(=O)C(C)N(C)Cc2ccccc2O)cc1. The van der Waals surface area contributed by atoms with Gasteiger partial charge in [0.15, 0.2) is 0 Å². The lowest BCUT2D eigenvalue weighted by molar-refractivity contribution is -0.125. The van der Waals surface area contributed by atoms with E-state index in [0.717, 1.165) is 11.1 Å². The van der Waals surface area contributed by atoms with E-state index in [4.69, 9.17) is 0 Å². The molecule has 2 aromatic carbocycles. The number of methoxy groups -OCH3 is 1. The molecule has 0 saturated heterocycles. The fourth-order valence-corrected chi connectivity index (χ4v) is 2.46. The molecule has 2 N–H and O–H groups in total. The average Bonchev–Trinajstić information content (AvgIpc) is 2.67. The second-order valence-electron chi connectivity index (χ2n) is 6.13. The van der Waals surface area contributed by atoms with Crippen LogP contribution in [-0.4, -0.2) is 42.1 Å². The van der Waals surface area contributed by atoms with E-state index in [1.54, 1.807) is 36.4 Å². The van der Waals surface area contributed by atoms with Crippen LogP contribution in [0.25, 0.3) is 0 Å². The van der Waals surface area contributed by atoms with Gasteiger partial charge in [0, 0.05) is 18.7 Å². The van der Waals surface area contributed by atoms with Crippen LogP contribution in [0.2, 0.25) is 0 Å². The number of rotatable bonds is 7. The summed E-state index contributed by atoms with van der Waals surface area (Å²) in [6.07, 6.45) is 0. The van der Waals surface area contributed by atoms with E-state index in [2.05, 4.69) is 10.1 Å².